The maximum Gasteiger partial charge on any atom is 0.256 e. The standard InChI is InChI=1S/C22H30N4O3S2/c1-23(2)31(28,29)19-7-8-21(25-9-3-4-10-25)20(16-19)22(27)26-13-11-24(12-14-26)17-18-6-5-15-30-18/h5-8,15-16H,3-4,9-14,17H2,1-2H3. The molecule has 0 radical (unpaired) electrons. The van der Waals surface area contributed by atoms with Crippen molar-refractivity contribution in [3.63, 3.8) is 0 Å². The number of hydrogen-bond acceptors (Lipinski definition) is 6. The zero-order valence-electron chi connectivity index (χ0n) is 18.2. The van der Waals surface area contributed by atoms with Crippen molar-refractivity contribution in [1.82, 2.24) is 14.1 Å². The molecule has 4 rings (SSSR count). The van der Waals surface area contributed by atoms with Crippen molar-refractivity contribution in [2.45, 2.75) is 24.3 Å². The summed E-state index contributed by atoms with van der Waals surface area (Å²) in [6.07, 6.45) is 2.18. The van der Waals surface area contributed by atoms with Crippen LogP contribution in [0.4, 0.5) is 5.69 Å². The lowest BCUT2D eigenvalue weighted by Crippen LogP contribution is -2.48. The molecule has 1 aromatic heterocycles. The minimum atomic E-state index is -3.60. The second-order valence-corrected chi connectivity index (χ2v) is 11.5. The zero-order chi connectivity index (χ0) is 22.0. The average molecular weight is 463 g/mol. The molecule has 2 aromatic rings. The second-order valence-electron chi connectivity index (χ2n) is 8.31. The SMILES string of the molecule is CN(C)S(=O)(=O)c1ccc(N2CCCC2)c(C(=O)N2CCN(Cc3cccs3)CC2)c1. The molecule has 31 heavy (non-hydrogen) atoms. The first-order chi connectivity index (χ1) is 14.9. The van der Waals surface area contributed by atoms with Crippen molar-refractivity contribution in [1.29, 1.82) is 0 Å². The van der Waals surface area contributed by atoms with E-state index in [-0.39, 0.29) is 10.8 Å². The molecular formula is C22H30N4O3S2. The summed E-state index contributed by atoms with van der Waals surface area (Å²) in [5.41, 5.74) is 1.35. The van der Waals surface area contributed by atoms with Gasteiger partial charge in [-0.15, -0.1) is 11.3 Å². The molecule has 7 nitrogen and oxygen atoms in total. The molecule has 168 valence electrons. The van der Waals surface area contributed by atoms with Gasteiger partial charge in [-0.1, -0.05) is 6.07 Å². The monoisotopic (exact) mass is 462 g/mol. The highest BCUT2D eigenvalue weighted by atomic mass is 32.2. The first-order valence-corrected chi connectivity index (χ1v) is 13.0. The number of nitrogens with zero attached hydrogens (tertiary/aromatic N) is 4. The minimum absolute atomic E-state index is 0.0755. The molecule has 2 aliphatic rings. The van der Waals surface area contributed by atoms with Crippen molar-refractivity contribution < 1.29 is 13.2 Å². The van der Waals surface area contributed by atoms with Crippen molar-refractivity contribution in [2.24, 2.45) is 0 Å². The van der Waals surface area contributed by atoms with Crippen molar-refractivity contribution in [3.05, 3.63) is 46.2 Å². The Morgan fingerprint density at radius 3 is 2.35 bits per heavy atom. The normalized spacial score (nSPS) is 18.2. The van der Waals surface area contributed by atoms with E-state index in [9.17, 15) is 13.2 Å². The number of anilines is 1. The molecule has 0 saturated carbocycles. The van der Waals surface area contributed by atoms with Crippen molar-refractivity contribution >= 4 is 33.0 Å². The van der Waals surface area contributed by atoms with E-state index in [1.165, 1.54) is 23.3 Å². The fourth-order valence-electron chi connectivity index (χ4n) is 4.19. The van der Waals surface area contributed by atoms with Gasteiger partial charge in [0.05, 0.1) is 10.5 Å². The number of carbonyl (C=O) groups is 1. The van der Waals surface area contributed by atoms with Gasteiger partial charge in [0, 0.05) is 70.5 Å². The summed E-state index contributed by atoms with van der Waals surface area (Å²) in [6, 6.07) is 9.21. The highest BCUT2D eigenvalue weighted by molar-refractivity contribution is 7.89. The third-order valence-electron chi connectivity index (χ3n) is 6.04. The van der Waals surface area contributed by atoms with E-state index in [1.807, 2.05) is 11.0 Å². The predicted octanol–water partition coefficient (Wildman–Crippen LogP) is 2.56. The molecule has 0 aliphatic carbocycles. The van der Waals surface area contributed by atoms with Crippen LogP contribution in [-0.4, -0.2) is 81.8 Å². The number of amides is 1. The third kappa shape index (κ3) is 4.79. The van der Waals surface area contributed by atoms with E-state index in [2.05, 4.69) is 27.3 Å². The summed E-state index contributed by atoms with van der Waals surface area (Å²) >= 11 is 1.75. The predicted molar refractivity (Wildman–Crippen MR) is 124 cm³/mol. The molecule has 2 aliphatic heterocycles. The maximum atomic E-state index is 13.5. The van der Waals surface area contributed by atoms with Crippen molar-refractivity contribution in [2.75, 3.05) is 58.3 Å². The van der Waals surface area contributed by atoms with Crippen LogP contribution in [0.2, 0.25) is 0 Å². The first-order valence-electron chi connectivity index (χ1n) is 10.7. The van der Waals surface area contributed by atoms with Crippen LogP contribution in [0.15, 0.2) is 40.6 Å². The fourth-order valence-corrected chi connectivity index (χ4v) is 5.87. The summed E-state index contributed by atoms with van der Waals surface area (Å²) in [7, 11) is -0.581. The van der Waals surface area contributed by atoms with Crippen LogP contribution in [0.1, 0.15) is 28.1 Å². The maximum absolute atomic E-state index is 13.5. The Morgan fingerprint density at radius 1 is 1.03 bits per heavy atom. The summed E-state index contributed by atoms with van der Waals surface area (Å²) in [4.78, 5) is 21.5. The lowest BCUT2D eigenvalue weighted by molar-refractivity contribution is 0.0630. The van der Waals surface area contributed by atoms with E-state index >= 15 is 0 Å². The van der Waals surface area contributed by atoms with Crippen LogP contribution in [0, 0.1) is 0 Å². The summed E-state index contributed by atoms with van der Waals surface area (Å²) in [6.45, 7) is 5.64. The Hall–Kier alpha value is -1.94. The number of hydrogen-bond donors (Lipinski definition) is 0. The number of rotatable bonds is 6. The van der Waals surface area contributed by atoms with E-state index in [4.69, 9.17) is 0 Å². The van der Waals surface area contributed by atoms with Gasteiger partial charge in [0.2, 0.25) is 10.0 Å². The van der Waals surface area contributed by atoms with Gasteiger partial charge >= 0.3 is 0 Å². The number of piperazine rings is 1. The number of thiophene rings is 1. The van der Waals surface area contributed by atoms with Gasteiger partial charge in [-0.3, -0.25) is 9.69 Å². The number of benzene rings is 1. The number of carbonyl (C=O) groups excluding carboxylic acids is 1. The van der Waals surface area contributed by atoms with Gasteiger partial charge < -0.3 is 9.80 Å². The van der Waals surface area contributed by atoms with E-state index < -0.39 is 10.0 Å². The average Bonchev–Trinajstić information content (AvgIpc) is 3.47. The molecule has 0 unspecified atom stereocenters. The summed E-state index contributed by atoms with van der Waals surface area (Å²) < 4.78 is 26.6. The summed E-state index contributed by atoms with van der Waals surface area (Å²) in [5, 5.41) is 2.09. The Kier molecular flexibility index (Phi) is 6.66. The Balaban J connectivity index is 1.55. The van der Waals surface area contributed by atoms with Crippen LogP contribution < -0.4 is 4.90 Å². The van der Waals surface area contributed by atoms with Crippen molar-refractivity contribution in [3.8, 4) is 0 Å². The molecule has 3 heterocycles. The van der Waals surface area contributed by atoms with Gasteiger partial charge in [-0.05, 0) is 42.5 Å². The number of sulfonamides is 1. The van der Waals surface area contributed by atoms with Crippen LogP contribution in [0.5, 0.6) is 0 Å². The highest BCUT2D eigenvalue weighted by Gasteiger charge is 2.28. The van der Waals surface area contributed by atoms with Crippen LogP contribution in [0.25, 0.3) is 0 Å². The topological polar surface area (TPSA) is 64.2 Å². The molecule has 9 heteroatoms. The van der Waals surface area contributed by atoms with Gasteiger partial charge in [0.25, 0.3) is 5.91 Å². The zero-order valence-corrected chi connectivity index (χ0v) is 19.8. The lowest BCUT2D eigenvalue weighted by atomic mass is 10.1. The van der Waals surface area contributed by atoms with Gasteiger partial charge in [0.1, 0.15) is 0 Å². The molecule has 0 N–H and O–H groups in total. The molecule has 2 fully saturated rings. The van der Waals surface area contributed by atoms with Crippen LogP contribution in [0.3, 0.4) is 0 Å². The van der Waals surface area contributed by atoms with E-state index in [0.717, 1.165) is 51.3 Å². The molecule has 0 atom stereocenters. The van der Waals surface area contributed by atoms with Crippen LogP contribution >= 0.6 is 11.3 Å². The fraction of sp³-hybridized carbons (Fsp3) is 0.500. The van der Waals surface area contributed by atoms with E-state index in [1.54, 1.807) is 23.5 Å². The third-order valence-corrected chi connectivity index (χ3v) is 8.72. The Labute approximate surface area is 188 Å². The van der Waals surface area contributed by atoms with Gasteiger partial charge in [0.15, 0.2) is 0 Å². The smallest absolute Gasteiger partial charge is 0.256 e. The molecule has 1 aromatic carbocycles. The molecule has 2 saturated heterocycles. The van der Waals surface area contributed by atoms with Gasteiger partial charge in [-0.25, -0.2) is 12.7 Å². The molecular weight excluding hydrogens is 432 g/mol. The Bertz CT molecular complexity index is 1010. The largest absolute Gasteiger partial charge is 0.371 e. The minimum Gasteiger partial charge on any atom is -0.371 e. The van der Waals surface area contributed by atoms with E-state index in [0.29, 0.717) is 18.7 Å². The van der Waals surface area contributed by atoms with Crippen LogP contribution in [-0.2, 0) is 16.6 Å². The molecule has 0 bridgehead atoms. The first kappa shape index (κ1) is 22.3. The Morgan fingerprint density at radius 2 is 1.74 bits per heavy atom. The molecule has 0 spiro atoms. The molecule has 1 amide bonds. The van der Waals surface area contributed by atoms with Gasteiger partial charge in [-0.2, -0.15) is 0 Å². The quantitative estimate of drug-likeness (QED) is 0.660. The summed E-state index contributed by atoms with van der Waals surface area (Å²) in [5.74, 6) is -0.0755. The highest BCUT2D eigenvalue weighted by Crippen LogP contribution is 2.29. The lowest BCUT2D eigenvalue weighted by Gasteiger charge is -2.35. The second kappa shape index (κ2) is 9.28.